The molecule has 0 aliphatic heterocycles. The first-order chi connectivity index (χ1) is 21.2. The maximum Gasteiger partial charge on any atom is 0.323 e. The largest absolute Gasteiger partial charge is 0.323 e. The van der Waals surface area contributed by atoms with E-state index in [2.05, 4.69) is 20.1 Å². The van der Waals surface area contributed by atoms with Crippen molar-refractivity contribution in [1.29, 1.82) is 0 Å². The van der Waals surface area contributed by atoms with Crippen LogP contribution in [0.4, 0.5) is 27.5 Å². The molecule has 0 saturated heterocycles. The third-order valence-electron chi connectivity index (χ3n) is 6.90. The molecule has 0 saturated carbocycles. The summed E-state index contributed by atoms with van der Waals surface area (Å²) in [5.74, 6) is 0. The van der Waals surface area contributed by atoms with Crippen LogP contribution < -0.4 is 20.1 Å². The van der Waals surface area contributed by atoms with Gasteiger partial charge in [-0.25, -0.2) is 21.6 Å². The van der Waals surface area contributed by atoms with Gasteiger partial charge >= 0.3 is 6.03 Å². The summed E-state index contributed by atoms with van der Waals surface area (Å²) in [6, 6.07) is 36.5. The van der Waals surface area contributed by atoms with Crippen molar-refractivity contribution in [3.8, 4) is 0 Å². The molecule has 6 rings (SSSR count). The zero-order chi connectivity index (χ0) is 30.7. The highest BCUT2D eigenvalue weighted by Crippen LogP contribution is 2.29. The molecule has 4 N–H and O–H groups in total. The van der Waals surface area contributed by atoms with E-state index in [9.17, 15) is 21.6 Å². The lowest BCUT2D eigenvalue weighted by molar-refractivity contribution is 0.262. The van der Waals surface area contributed by atoms with E-state index in [1.165, 1.54) is 24.3 Å². The van der Waals surface area contributed by atoms with E-state index in [0.29, 0.717) is 0 Å². The summed E-state index contributed by atoms with van der Waals surface area (Å²) in [5.41, 5.74) is 0.703. The van der Waals surface area contributed by atoms with Crippen molar-refractivity contribution in [2.45, 2.75) is 9.79 Å². The summed E-state index contributed by atoms with van der Waals surface area (Å²) in [5, 5.41) is 8.66. The summed E-state index contributed by atoms with van der Waals surface area (Å²) in [6.45, 7) is 0. The van der Waals surface area contributed by atoms with E-state index < -0.39 is 26.1 Å². The molecule has 44 heavy (non-hydrogen) atoms. The standard InChI is InChI=1S/C33H26N4O5S2/c38-33(34-29-13-5-7-15-31(29)36-43(39,40)27-19-17-23-9-1-3-11-25(23)21-27)35-30-14-6-8-16-32(30)37-44(41,42)28-20-18-24-10-2-4-12-26(24)22-28/h1-22,36-37H,(H2,34,35,38). The second-order valence-electron chi connectivity index (χ2n) is 9.90. The van der Waals surface area contributed by atoms with Gasteiger partial charge in [0.05, 0.1) is 32.5 Å². The van der Waals surface area contributed by atoms with Crippen molar-refractivity contribution in [2.24, 2.45) is 0 Å². The monoisotopic (exact) mass is 622 g/mol. The zero-order valence-electron chi connectivity index (χ0n) is 23.1. The number of para-hydroxylation sites is 4. The SMILES string of the molecule is O=C(Nc1ccccc1NS(=O)(=O)c1ccc2ccccc2c1)Nc1ccccc1NS(=O)(=O)c1ccc2ccccc2c1. The van der Waals surface area contributed by atoms with Crippen molar-refractivity contribution >= 4 is 70.4 Å². The van der Waals surface area contributed by atoms with E-state index in [1.54, 1.807) is 60.7 Å². The third-order valence-corrected chi connectivity index (χ3v) is 9.63. The molecule has 6 aromatic carbocycles. The molecule has 0 heterocycles. The highest BCUT2D eigenvalue weighted by Gasteiger charge is 2.19. The highest BCUT2D eigenvalue weighted by atomic mass is 32.2. The number of fused-ring (bicyclic) bond motifs is 2. The molecule has 0 spiro atoms. The van der Waals surface area contributed by atoms with Gasteiger partial charge in [0.2, 0.25) is 0 Å². The molecule has 220 valence electrons. The van der Waals surface area contributed by atoms with Gasteiger partial charge in [-0.1, -0.05) is 84.9 Å². The fourth-order valence-corrected chi connectivity index (χ4v) is 6.94. The number of urea groups is 1. The van der Waals surface area contributed by atoms with Crippen LogP contribution >= 0.6 is 0 Å². The normalized spacial score (nSPS) is 11.6. The van der Waals surface area contributed by atoms with Crippen LogP contribution in [0.25, 0.3) is 21.5 Å². The average Bonchev–Trinajstić information content (AvgIpc) is 3.02. The number of carbonyl (C=O) groups is 1. The number of nitrogens with one attached hydrogen (secondary N) is 4. The quantitative estimate of drug-likeness (QED) is 0.142. The Bertz CT molecular complexity index is 2100. The van der Waals surface area contributed by atoms with Crippen LogP contribution in [0.1, 0.15) is 0 Å². The zero-order valence-corrected chi connectivity index (χ0v) is 24.7. The van der Waals surface area contributed by atoms with E-state index in [1.807, 2.05) is 48.5 Å². The third kappa shape index (κ3) is 6.19. The van der Waals surface area contributed by atoms with Crippen LogP contribution in [0.5, 0.6) is 0 Å². The van der Waals surface area contributed by atoms with E-state index in [4.69, 9.17) is 0 Å². The van der Waals surface area contributed by atoms with Gasteiger partial charge in [0, 0.05) is 0 Å². The summed E-state index contributed by atoms with van der Waals surface area (Å²) in [7, 11) is -7.98. The molecule has 2 amide bonds. The lowest BCUT2D eigenvalue weighted by Gasteiger charge is -2.16. The molecule has 11 heteroatoms. The van der Waals surface area contributed by atoms with Crippen molar-refractivity contribution in [1.82, 2.24) is 0 Å². The van der Waals surface area contributed by atoms with Gasteiger partial charge in [-0.3, -0.25) is 9.44 Å². The minimum Gasteiger partial charge on any atom is -0.306 e. The first-order valence-corrected chi connectivity index (χ1v) is 16.4. The highest BCUT2D eigenvalue weighted by molar-refractivity contribution is 7.93. The molecule has 0 aliphatic rings. The fraction of sp³-hybridized carbons (Fsp3) is 0. The Morgan fingerprint density at radius 1 is 0.409 bits per heavy atom. The second-order valence-corrected chi connectivity index (χ2v) is 13.3. The lowest BCUT2D eigenvalue weighted by Crippen LogP contribution is -2.22. The molecule has 0 bridgehead atoms. The fourth-order valence-electron chi connectivity index (χ4n) is 4.71. The van der Waals surface area contributed by atoms with Gasteiger partial charge in [-0.15, -0.1) is 0 Å². The number of hydrogen-bond acceptors (Lipinski definition) is 5. The number of sulfonamides is 2. The summed E-state index contributed by atoms with van der Waals surface area (Å²) in [6.07, 6.45) is 0. The molecule has 0 unspecified atom stereocenters. The summed E-state index contributed by atoms with van der Waals surface area (Å²) in [4.78, 5) is 13.2. The van der Waals surface area contributed by atoms with Crippen molar-refractivity contribution in [3.05, 3.63) is 133 Å². The number of rotatable bonds is 8. The molecule has 6 aromatic rings. The Labute approximate surface area is 254 Å². The molecule has 0 fully saturated rings. The molecule has 9 nitrogen and oxygen atoms in total. The van der Waals surface area contributed by atoms with Gasteiger partial charge in [0.1, 0.15) is 0 Å². The lowest BCUT2D eigenvalue weighted by atomic mass is 10.1. The Morgan fingerprint density at radius 3 is 1.16 bits per heavy atom. The molecule has 0 aliphatic carbocycles. The van der Waals surface area contributed by atoms with Crippen LogP contribution in [0.2, 0.25) is 0 Å². The Morgan fingerprint density at radius 2 is 0.750 bits per heavy atom. The predicted octanol–water partition coefficient (Wildman–Crippen LogP) is 7.24. The van der Waals surface area contributed by atoms with Crippen LogP contribution in [0.15, 0.2) is 143 Å². The van der Waals surface area contributed by atoms with Crippen molar-refractivity contribution in [3.63, 3.8) is 0 Å². The van der Waals surface area contributed by atoms with Crippen LogP contribution in [0, 0.1) is 0 Å². The Hall–Kier alpha value is -5.39. The maximum atomic E-state index is 13.2. The van der Waals surface area contributed by atoms with Crippen LogP contribution in [-0.2, 0) is 20.0 Å². The minimum absolute atomic E-state index is 0.0723. The predicted molar refractivity (Wildman–Crippen MR) is 175 cm³/mol. The number of carbonyl (C=O) groups excluding carboxylic acids is 1. The first kappa shape index (κ1) is 28.7. The van der Waals surface area contributed by atoms with Crippen molar-refractivity contribution < 1.29 is 21.6 Å². The van der Waals surface area contributed by atoms with Gasteiger partial charge < -0.3 is 10.6 Å². The van der Waals surface area contributed by atoms with Gasteiger partial charge in [-0.2, -0.15) is 0 Å². The van der Waals surface area contributed by atoms with Crippen LogP contribution in [0.3, 0.4) is 0 Å². The van der Waals surface area contributed by atoms with E-state index >= 15 is 0 Å². The van der Waals surface area contributed by atoms with Gasteiger partial charge in [-0.05, 0) is 70.1 Å². The molecule has 0 radical (unpaired) electrons. The number of hydrogen-bond donors (Lipinski definition) is 4. The minimum atomic E-state index is -3.99. The number of benzene rings is 6. The second kappa shape index (κ2) is 11.7. The maximum absolute atomic E-state index is 13.2. The molecular formula is C33H26N4O5S2. The van der Waals surface area contributed by atoms with Crippen LogP contribution in [-0.4, -0.2) is 22.9 Å². The Kier molecular flexibility index (Phi) is 7.64. The van der Waals surface area contributed by atoms with E-state index in [0.717, 1.165) is 21.5 Å². The first-order valence-electron chi connectivity index (χ1n) is 13.5. The summed E-state index contributed by atoms with van der Waals surface area (Å²) >= 11 is 0. The number of amides is 2. The van der Waals surface area contributed by atoms with Gasteiger partial charge in [0.25, 0.3) is 20.0 Å². The molecule has 0 atom stereocenters. The number of anilines is 4. The molecule has 0 aromatic heterocycles. The van der Waals surface area contributed by atoms with E-state index in [-0.39, 0.29) is 32.5 Å². The Balaban J connectivity index is 1.19. The molecular weight excluding hydrogens is 597 g/mol. The smallest absolute Gasteiger partial charge is 0.306 e. The van der Waals surface area contributed by atoms with Crippen molar-refractivity contribution in [2.75, 3.05) is 20.1 Å². The topological polar surface area (TPSA) is 133 Å². The van der Waals surface area contributed by atoms with Gasteiger partial charge in [0.15, 0.2) is 0 Å². The average molecular weight is 623 g/mol. The summed E-state index contributed by atoms with van der Waals surface area (Å²) < 4.78 is 58.0.